The Morgan fingerprint density at radius 2 is 1.89 bits per heavy atom. The number of halogens is 3. The van der Waals surface area contributed by atoms with E-state index in [-0.39, 0.29) is 59.8 Å². The van der Waals surface area contributed by atoms with Crippen LogP contribution < -0.4 is 14.8 Å². The number of methoxy groups -OCH3 is 1. The Morgan fingerprint density at radius 3 is 2.55 bits per heavy atom. The number of rotatable bonds is 10. The van der Waals surface area contributed by atoms with Crippen molar-refractivity contribution >= 4 is 17.7 Å². The van der Waals surface area contributed by atoms with Crippen molar-refractivity contribution in [2.75, 3.05) is 33.5 Å². The fraction of sp³-hybridized carbons (Fsp3) is 0.429. The maximum Gasteiger partial charge on any atom is 0.407 e. The molecule has 0 aliphatic carbocycles. The van der Waals surface area contributed by atoms with Crippen LogP contribution in [-0.4, -0.2) is 51.5 Å². The average molecular weight is 671 g/mol. The highest BCUT2D eigenvalue weighted by Crippen LogP contribution is 2.56. The largest absolute Gasteiger partial charge is 0.488 e. The SMILES string of the molecule is CO[C@H]1c2c(cc(F)c(Cl)c2-c2c(C#N)ccc(OCCOC3CCCCO3)c2F)O[C@]1(CNC(=O)OC(C)(C)C)c1ccccc1. The van der Waals surface area contributed by atoms with Gasteiger partial charge in [0, 0.05) is 42.0 Å². The predicted molar refractivity (Wildman–Crippen MR) is 169 cm³/mol. The van der Waals surface area contributed by atoms with Crippen LogP contribution in [0, 0.1) is 23.0 Å². The summed E-state index contributed by atoms with van der Waals surface area (Å²) in [6, 6.07) is 14.7. The standard InChI is InChI=1S/C35H37ClF2N2O7/c1-34(2,3)47-33(41)40-20-35(22-10-6-5-7-11-22)32(42-4)28-25(46-35)18-23(37)30(36)29(28)27-21(19-39)13-14-24(31(27)38)43-16-17-45-26-12-8-9-15-44-26/h5-7,10-11,13-14,18,26,32H,8-9,12,15-17,20H2,1-4H3,(H,40,41)/t26?,32-,35+/m0/s1. The zero-order valence-corrected chi connectivity index (χ0v) is 27.4. The van der Waals surface area contributed by atoms with Crippen LogP contribution in [0.15, 0.2) is 48.5 Å². The Bertz CT molecular complexity index is 1640. The second-order valence-corrected chi connectivity index (χ2v) is 12.6. The highest BCUT2D eigenvalue weighted by atomic mass is 35.5. The first kappa shape index (κ1) is 34.4. The van der Waals surface area contributed by atoms with Crippen molar-refractivity contribution in [2.45, 2.75) is 63.6 Å². The molecule has 0 bridgehead atoms. The molecule has 3 aromatic carbocycles. The second-order valence-electron chi connectivity index (χ2n) is 12.2. The first-order valence-electron chi connectivity index (χ1n) is 15.3. The summed E-state index contributed by atoms with van der Waals surface area (Å²) in [4.78, 5) is 12.8. The van der Waals surface area contributed by atoms with E-state index in [0.29, 0.717) is 12.2 Å². The van der Waals surface area contributed by atoms with Gasteiger partial charge in [0.05, 0.1) is 29.8 Å². The van der Waals surface area contributed by atoms with Crippen LogP contribution in [0.1, 0.15) is 62.8 Å². The Labute approximate surface area is 277 Å². The van der Waals surface area contributed by atoms with E-state index in [1.165, 1.54) is 19.2 Å². The second kappa shape index (κ2) is 14.4. The van der Waals surface area contributed by atoms with Gasteiger partial charge in [0.15, 0.2) is 23.5 Å². The van der Waals surface area contributed by atoms with Crippen molar-refractivity contribution in [1.29, 1.82) is 5.26 Å². The summed E-state index contributed by atoms with van der Waals surface area (Å²) in [6.07, 6.45) is 0.605. The third-order valence-corrected chi connectivity index (χ3v) is 8.22. The monoisotopic (exact) mass is 670 g/mol. The molecule has 12 heteroatoms. The Hall–Kier alpha value is -3.95. The van der Waals surface area contributed by atoms with Gasteiger partial charge >= 0.3 is 6.09 Å². The molecule has 0 radical (unpaired) electrons. The Kier molecular flexibility index (Phi) is 10.6. The molecular formula is C35H37ClF2N2O7. The van der Waals surface area contributed by atoms with Crippen LogP contribution in [0.4, 0.5) is 13.6 Å². The van der Waals surface area contributed by atoms with Gasteiger partial charge in [-0.25, -0.2) is 13.6 Å². The minimum absolute atomic E-state index is 0.000847. The lowest BCUT2D eigenvalue weighted by Crippen LogP contribution is -2.48. The fourth-order valence-electron chi connectivity index (χ4n) is 5.86. The van der Waals surface area contributed by atoms with E-state index in [4.69, 9.17) is 40.0 Å². The molecule has 3 aromatic rings. The van der Waals surface area contributed by atoms with Crippen LogP contribution in [0.25, 0.3) is 11.1 Å². The minimum Gasteiger partial charge on any atom is -0.488 e. The molecular weight excluding hydrogens is 634 g/mol. The Morgan fingerprint density at radius 1 is 1.13 bits per heavy atom. The maximum atomic E-state index is 16.4. The Balaban J connectivity index is 1.56. The first-order chi connectivity index (χ1) is 22.5. The molecule has 1 saturated heterocycles. The number of alkyl carbamates (subject to hydrolysis) is 1. The van der Waals surface area contributed by atoms with Gasteiger partial charge in [0.25, 0.3) is 0 Å². The topological polar surface area (TPSA) is 108 Å². The molecule has 2 aliphatic heterocycles. The fourth-order valence-corrected chi connectivity index (χ4v) is 6.11. The molecule has 9 nitrogen and oxygen atoms in total. The predicted octanol–water partition coefficient (Wildman–Crippen LogP) is 7.58. The summed E-state index contributed by atoms with van der Waals surface area (Å²) in [5, 5.41) is 12.4. The first-order valence-corrected chi connectivity index (χ1v) is 15.7. The lowest BCUT2D eigenvalue weighted by molar-refractivity contribution is -0.165. The van der Waals surface area contributed by atoms with E-state index in [0.717, 1.165) is 25.3 Å². The van der Waals surface area contributed by atoms with Gasteiger partial charge in [0.2, 0.25) is 0 Å². The summed E-state index contributed by atoms with van der Waals surface area (Å²) in [5.41, 5.74) is -2.01. The minimum atomic E-state index is -1.48. The zero-order valence-electron chi connectivity index (χ0n) is 26.7. The molecule has 1 unspecified atom stereocenters. The van der Waals surface area contributed by atoms with Crippen LogP contribution in [0.2, 0.25) is 5.02 Å². The highest BCUT2D eigenvalue weighted by molar-refractivity contribution is 6.34. The van der Waals surface area contributed by atoms with Crippen molar-refractivity contribution in [3.63, 3.8) is 0 Å². The molecule has 1 fully saturated rings. The number of fused-ring (bicyclic) bond motifs is 1. The molecule has 0 aromatic heterocycles. The third kappa shape index (κ3) is 7.31. The molecule has 47 heavy (non-hydrogen) atoms. The summed E-state index contributed by atoms with van der Waals surface area (Å²) in [7, 11) is 1.41. The quantitative estimate of drug-likeness (QED) is 0.220. The van der Waals surface area contributed by atoms with Crippen molar-refractivity contribution in [1.82, 2.24) is 5.32 Å². The van der Waals surface area contributed by atoms with Crippen LogP contribution in [-0.2, 0) is 24.5 Å². The molecule has 250 valence electrons. The van der Waals surface area contributed by atoms with Gasteiger partial charge in [0.1, 0.15) is 29.9 Å². The van der Waals surface area contributed by atoms with Crippen molar-refractivity contribution in [3.05, 3.63) is 81.9 Å². The maximum absolute atomic E-state index is 16.4. The lowest BCUT2D eigenvalue weighted by atomic mass is 9.82. The van der Waals surface area contributed by atoms with E-state index < -0.39 is 40.1 Å². The van der Waals surface area contributed by atoms with E-state index >= 15 is 8.78 Å². The number of nitriles is 1. The van der Waals surface area contributed by atoms with Crippen LogP contribution >= 0.6 is 11.6 Å². The summed E-state index contributed by atoms with van der Waals surface area (Å²) >= 11 is 6.61. The molecule has 1 N–H and O–H groups in total. The smallest absolute Gasteiger partial charge is 0.407 e. The average Bonchev–Trinajstić information content (AvgIpc) is 3.37. The van der Waals surface area contributed by atoms with E-state index in [1.807, 2.05) is 6.07 Å². The number of carbonyl (C=O) groups is 1. The molecule has 0 saturated carbocycles. The number of benzene rings is 3. The molecule has 1 amide bonds. The number of amides is 1. The van der Waals surface area contributed by atoms with Crippen LogP contribution in [0.3, 0.4) is 0 Å². The van der Waals surface area contributed by atoms with Gasteiger partial charge in [-0.2, -0.15) is 5.26 Å². The van der Waals surface area contributed by atoms with Gasteiger partial charge < -0.3 is 33.7 Å². The number of nitrogens with zero attached hydrogens (tertiary/aromatic N) is 1. The van der Waals surface area contributed by atoms with Gasteiger partial charge in [-0.05, 0) is 52.2 Å². The summed E-state index contributed by atoms with van der Waals surface area (Å²) < 4.78 is 67.0. The molecule has 5 rings (SSSR count). The van der Waals surface area contributed by atoms with Crippen LogP contribution in [0.5, 0.6) is 11.5 Å². The number of hydrogen-bond acceptors (Lipinski definition) is 8. The van der Waals surface area contributed by atoms with E-state index in [1.54, 1.807) is 51.1 Å². The molecule has 2 heterocycles. The number of carbonyl (C=O) groups excluding carboxylic acids is 1. The molecule has 2 aliphatic rings. The highest BCUT2D eigenvalue weighted by Gasteiger charge is 2.53. The lowest BCUT2D eigenvalue weighted by Gasteiger charge is -2.35. The summed E-state index contributed by atoms with van der Waals surface area (Å²) in [6.45, 7) is 5.76. The zero-order chi connectivity index (χ0) is 33.8. The summed E-state index contributed by atoms with van der Waals surface area (Å²) in [5.74, 6) is -2.02. The van der Waals surface area contributed by atoms with Gasteiger partial charge in [-0.15, -0.1) is 0 Å². The molecule has 0 spiro atoms. The molecule has 3 atom stereocenters. The van der Waals surface area contributed by atoms with Crippen molar-refractivity contribution in [2.24, 2.45) is 0 Å². The number of ether oxygens (including phenoxy) is 6. The number of hydrogen-bond donors (Lipinski definition) is 1. The van der Waals surface area contributed by atoms with Crippen molar-refractivity contribution < 1.29 is 42.0 Å². The third-order valence-electron chi connectivity index (χ3n) is 7.85. The van der Waals surface area contributed by atoms with Gasteiger partial charge in [-0.1, -0.05) is 41.9 Å². The number of nitrogens with one attached hydrogen (secondary N) is 1. The normalized spacial score (nSPS) is 20.6. The van der Waals surface area contributed by atoms with E-state index in [9.17, 15) is 10.1 Å². The van der Waals surface area contributed by atoms with E-state index in [2.05, 4.69) is 5.32 Å². The van der Waals surface area contributed by atoms with Crippen molar-refractivity contribution in [3.8, 4) is 28.7 Å². The van der Waals surface area contributed by atoms with Gasteiger partial charge in [-0.3, -0.25) is 0 Å².